The van der Waals surface area contributed by atoms with Crippen LogP contribution in [-0.4, -0.2) is 18.3 Å². The molecule has 0 aliphatic heterocycles. The fraction of sp³-hybridized carbons (Fsp3) is 0.750. The first-order valence-corrected chi connectivity index (χ1v) is 5.76. The molecule has 1 atom stereocenters. The van der Waals surface area contributed by atoms with Gasteiger partial charge in [-0.2, -0.15) is 5.26 Å². The molecule has 0 saturated carbocycles. The number of nitrogens with zero attached hydrogens (tertiary/aromatic N) is 1. The summed E-state index contributed by atoms with van der Waals surface area (Å²) in [5.74, 6) is -1.61. The first-order valence-electron chi connectivity index (χ1n) is 5.76. The van der Waals surface area contributed by atoms with Gasteiger partial charge in [-0.3, -0.25) is 4.79 Å². The summed E-state index contributed by atoms with van der Waals surface area (Å²) in [7, 11) is 0. The number of hydrogen-bond donors (Lipinski definition) is 1. The van der Waals surface area contributed by atoms with Gasteiger partial charge in [0.2, 0.25) is 0 Å². The maximum absolute atomic E-state index is 11.5. The van der Waals surface area contributed by atoms with E-state index in [0.29, 0.717) is 6.61 Å². The van der Waals surface area contributed by atoms with E-state index in [1.54, 1.807) is 0 Å². The second kappa shape index (κ2) is 7.86. The van der Waals surface area contributed by atoms with Gasteiger partial charge in [-0.25, -0.2) is 0 Å². The lowest BCUT2D eigenvalue weighted by molar-refractivity contribution is -0.144. The molecule has 0 amide bonds. The molecule has 0 bridgehead atoms. The van der Waals surface area contributed by atoms with Crippen molar-refractivity contribution < 1.29 is 9.53 Å². The first-order chi connectivity index (χ1) is 7.62. The molecule has 16 heavy (non-hydrogen) atoms. The van der Waals surface area contributed by atoms with E-state index in [9.17, 15) is 4.79 Å². The summed E-state index contributed by atoms with van der Waals surface area (Å²) >= 11 is 0. The molecule has 0 aromatic rings. The van der Waals surface area contributed by atoms with E-state index in [1.807, 2.05) is 26.8 Å². The SMILES string of the molecule is CCCOC(=O)C(C#N)C(=N)C(CC)CC. The third-order valence-electron chi connectivity index (χ3n) is 2.55. The summed E-state index contributed by atoms with van der Waals surface area (Å²) < 4.78 is 4.90. The van der Waals surface area contributed by atoms with Gasteiger partial charge in [0.1, 0.15) is 0 Å². The van der Waals surface area contributed by atoms with Crippen LogP contribution in [0.3, 0.4) is 0 Å². The zero-order valence-corrected chi connectivity index (χ0v) is 10.2. The molecule has 0 heterocycles. The van der Waals surface area contributed by atoms with E-state index in [0.717, 1.165) is 19.3 Å². The standard InChI is InChI=1S/C12H20N2O2/c1-4-7-16-12(15)10(8-13)11(14)9(5-2)6-3/h9-10,14H,4-7H2,1-3H3. The minimum absolute atomic E-state index is 0.00109. The number of nitriles is 1. The van der Waals surface area contributed by atoms with Crippen LogP contribution in [0, 0.1) is 28.6 Å². The van der Waals surface area contributed by atoms with Crippen LogP contribution in [-0.2, 0) is 9.53 Å². The minimum atomic E-state index is -1.03. The second-order valence-corrected chi connectivity index (χ2v) is 3.70. The van der Waals surface area contributed by atoms with Crippen molar-refractivity contribution in [3.05, 3.63) is 0 Å². The van der Waals surface area contributed by atoms with Crippen LogP contribution in [0.4, 0.5) is 0 Å². The van der Waals surface area contributed by atoms with Crippen LogP contribution >= 0.6 is 0 Å². The maximum atomic E-state index is 11.5. The number of esters is 1. The summed E-state index contributed by atoms with van der Waals surface area (Å²) in [6.07, 6.45) is 2.27. The lowest BCUT2D eigenvalue weighted by Crippen LogP contribution is -2.29. The predicted octanol–water partition coefficient (Wildman–Crippen LogP) is 2.54. The predicted molar refractivity (Wildman–Crippen MR) is 62.2 cm³/mol. The van der Waals surface area contributed by atoms with Crippen molar-refractivity contribution >= 4 is 11.7 Å². The Bertz CT molecular complexity index is 277. The van der Waals surface area contributed by atoms with Gasteiger partial charge in [0.25, 0.3) is 0 Å². The van der Waals surface area contributed by atoms with Gasteiger partial charge < -0.3 is 10.1 Å². The average Bonchev–Trinajstić information content (AvgIpc) is 2.29. The lowest BCUT2D eigenvalue weighted by Gasteiger charge is -2.17. The number of rotatable bonds is 7. The van der Waals surface area contributed by atoms with Gasteiger partial charge >= 0.3 is 5.97 Å². The summed E-state index contributed by atoms with van der Waals surface area (Å²) in [6, 6.07) is 1.86. The fourth-order valence-electron chi connectivity index (χ4n) is 1.50. The lowest BCUT2D eigenvalue weighted by atomic mass is 9.89. The number of carbonyl (C=O) groups is 1. The molecule has 0 aliphatic carbocycles. The Labute approximate surface area is 97.1 Å². The molecule has 0 aromatic heterocycles. The third-order valence-corrected chi connectivity index (χ3v) is 2.55. The Kier molecular flexibility index (Phi) is 7.19. The van der Waals surface area contributed by atoms with Gasteiger partial charge in [0.05, 0.1) is 12.7 Å². The minimum Gasteiger partial charge on any atom is -0.464 e. The molecule has 0 aromatic carbocycles. The van der Waals surface area contributed by atoms with Gasteiger partial charge in [-0.05, 0) is 25.2 Å². The highest BCUT2D eigenvalue weighted by Gasteiger charge is 2.28. The summed E-state index contributed by atoms with van der Waals surface area (Å²) in [6.45, 7) is 6.11. The summed E-state index contributed by atoms with van der Waals surface area (Å²) in [4.78, 5) is 11.5. The molecule has 0 fully saturated rings. The van der Waals surface area contributed by atoms with Crippen molar-refractivity contribution in [1.82, 2.24) is 0 Å². The summed E-state index contributed by atoms with van der Waals surface area (Å²) in [5.41, 5.74) is 0.189. The topological polar surface area (TPSA) is 73.9 Å². The monoisotopic (exact) mass is 224 g/mol. The Morgan fingerprint density at radius 1 is 1.38 bits per heavy atom. The molecular weight excluding hydrogens is 204 g/mol. The molecule has 90 valence electrons. The maximum Gasteiger partial charge on any atom is 0.329 e. The van der Waals surface area contributed by atoms with Crippen LogP contribution in [0.5, 0.6) is 0 Å². The van der Waals surface area contributed by atoms with E-state index < -0.39 is 11.9 Å². The molecule has 0 saturated heterocycles. The quantitative estimate of drug-likeness (QED) is 0.533. The fourth-order valence-corrected chi connectivity index (χ4v) is 1.50. The van der Waals surface area contributed by atoms with Crippen molar-refractivity contribution in [2.45, 2.75) is 40.0 Å². The van der Waals surface area contributed by atoms with E-state index >= 15 is 0 Å². The van der Waals surface area contributed by atoms with Gasteiger partial charge in [-0.15, -0.1) is 0 Å². The highest BCUT2D eigenvalue weighted by Crippen LogP contribution is 2.16. The third kappa shape index (κ3) is 4.01. The largest absolute Gasteiger partial charge is 0.464 e. The number of nitrogens with one attached hydrogen (secondary N) is 1. The van der Waals surface area contributed by atoms with Crippen LogP contribution < -0.4 is 0 Å². The normalized spacial score (nSPS) is 11.9. The molecule has 1 unspecified atom stereocenters. The molecule has 0 aliphatic rings. The molecule has 0 rings (SSSR count). The average molecular weight is 224 g/mol. The van der Waals surface area contributed by atoms with E-state index in [4.69, 9.17) is 15.4 Å². The molecule has 0 radical (unpaired) electrons. The smallest absolute Gasteiger partial charge is 0.329 e. The van der Waals surface area contributed by atoms with E-state index in [1.165, 1.54) is 0 Å². The van der Waals surface area contributed by atoms with E-state index in [-0.39, 0.29) is 11.6 Å². The molecular formula is C12H20N2O2. The number of ether oxygens (including phenoxy) is 1. The van der Waals surface area contributed by atoms with Crippen LogP contribution in [0.25, 0.3) is 0 Å². The van der Waals surface area contributed by atoms with Crippen molar-refractivity contribution in [1.29, 1.82) is 10.7 Å². The van der Waals surface area contributed by atoms with Crippen molar-refractivity contribution in [2.24, 2.45) is 11.8 Å². The van der Waals surface area contributed by atoms with Gasteiger partial charge in [0.15, 0.2) is 5.92 Å². The summed E-state index contributed by atoms with van der Waals surface area (Å²) in [5, 5.41) is 16.8. The Hall–Kier alpha value is -1.37. The van der Waals surface area contributed by atoms with Crippen molar-refractivity contribution in [3.63, 3.8) is 0 Å². The van der Waals surface area contributed by atoms with Gasteiger partial charge in [-0.1, -0.05) is 20.8 Å². The highest BCUT2D eigenvalue weighted by molar-refractivity contribution is 6.04. The van der Waals surface area contributed by atoms with Gasteiger partial charge in [0, 0.05) is 5.71 Å². The Balaban J connectivity index is 4.55. The molecule has 1 N–H and O–H groups in total. The van der Waals surface area contributed by atoms with Crippen molar-refractivity contribution in [3.8, 4) is 6.07 Å². The van der Waals surface area contributed by atoms with Crippen LogP contribution in [0.2, 0.25) is 0 Å². The van der Waals surface area contributed by atoms with Crippen molar-refractivity contribution in [2.75, 3.05) is 6.61 Å². The molecule has 4 heteroatoms. The first kappa shape index (κ1) is 14.6. The number of hydrogen-bond acceptors (Lipinski definition) is 4. The Morgan fingerprint density at radius 2 is 1.94 bits per heavy atom. The number of carbonyl (C=O) groups excluding carboxylic acids is 1. The Morgan fingerprint density at radius 3 is 2.31 bits per heavy atom. The van der Waals surface area contributed by atoms with Crippen LogP contribution in [0.1, 0.15) is 40.0 Å². The highest BCUT2D eigenvalue weighted by atomic mass is 16.5. The zero-order chi connectivity index (χ0) is 12.6. The van der Waals surface area contributed by atoms with E-state index in [2.05, 4.69) is 0 Å². The zero-order valence-electron chi connectivity index (χ0n) is 10.2. The van der Waals surface area contributed by atoms with Crippen LogP contribution in [0.15, 0.2) is 0 Å². The molecule has 4 nitrogen and oxygen atoms in total. The second-order valence-electron chi connectivity index (χ2n) is 3.70. The molecule has 0 spiro atoms.